The number of primary amides is 2. The molecular formula is C50H72N14O10. The van der Waals surface area contributed by atoms with Crippen LogP contribution < -0.4 is 65.5 Å². The van der Waals surface area contributed by atoms with Crippen molar-refractivity contribution >= 4 is 75.9 Å². The van der Waals surface area contributed by atoms with E-state index in [0.29, 0.717) is 24.0 Å². The van der Waals surface area contributed by atoms with Crippen molar-refractivity contribution in [1.82, 2.24) is 47.5 Å². The number of benzene rings is 2. The van der Waals surface area contributed by atoms with Gasteiger partial charge in [0.1, 0.15) is 30.2 Å². The largest absolute Gasteiger partial charge is 0.370 e. The highest BCUT2D eigenvalue weighted by molar-refractivity contribution is 5.98. The van der Waals surface area contributed by atoms with E-state index in [4.69, 9.17) is 22.9 Å². The second-order valence-corrected chi connectivity index (χ2v) is 18.3. The zero-order valence-corrected chi connectivity index (χ0v) is 42.0. The first kappa shape index (κ1) is 58.5. The standard InChI is InChI=1S/C50H72N14O10/c1-3-4-15-36(59-29(2)65)45(70)62-38-19-20-42(67)55-24-21-31(44(69)63-39(43(51)68)26-32-28-58-34-16-9-8-14-33(32)34)27-41(66)35(17-10-22-56-49(52)53)60-48(73)40(25-30-12-6-5-7-13-30)64-46(71)37(61-47(38)72)18-11-23-57-50(54)74/h5-9,12-14,16,28,31,35-40,58H,3-4,10-11,15,17-27H2,1-2H3,(H2,51,68)(H,55,67)(H,59,65)(H,60,73)(H,61,72)(H,62,70)(H,63,69)(H,64,71)(H4,52,53,56)(H3,54,57,74)/t31-,35+,36+,37+,38+,39+,40-/m1/s1. The lowest BCUT2D eigenvalue weighted by Crippen LogP contribution is -2.59. The number of nitrogens with one attached hydrogen (secondary N) is 9. The first-order valence-electron chi connectivity index (χ1n) is 24.9. The van der Waals surface area contributed by atoms with E-state index < -0.39 is 108 Å². The number of aromatic nitrogens is 1. The van der Waals surface area contributed by atoms with E-state index in [1.54, 1.807) is 36.5 Å². The quantitative estimate of drug-likeness (QED) is 0.0345. The molecule has 1 aliphatic heterocycles. The van der Waals surface area contributed by atoms with Crippen molar-refractivity contribution in [2.45, 2.75) is 134 Å². The number of ketones is 1. The second kappa shape index (κ2) is 30.1. The fourth-order valence-corrected chi connectivity index (χ4v) is 8.44. The highest BCUT2D eigenvalue weighted by Crippen LogP contribution is 2.21. The van der Waals surface area contributed by atoms with E-state index in [1.807, 2.05) is 31.2 Å². The highest BCUT2D eigenvalue weighted by atomic mass is 16.2. The van der Waals surface area contributed by atoms with Crippen molar-refractivity contribution in [2.75, 3.05) is 19.6 Å². The lowest BCUT2D eigenvalue weighted by molar-refractivity contribution is -0.135. The van der Waals surface area contributed by atoms with Crippen LogP contribution in [0.2, 0.25) is 0 Å². The number of urea groups is 1. The smallest absolute Gasteiger partial charge is 0.312 e. The van der Waals surface area contributed by atoms with Gasteiger partial charge in [0.05, 0.1) is 6.04 Å². The molecule has 1 aliphatic rings. The molecule has 7 atom stereocenters. The molecule has 402 valence electrons. The van der Waals surface area contributed by atoms with Crippen LogP contribution in [0.3, 0.4) is 0 Å². The average Bonchev–Trinajstić information content (AvgIpc) is 3.76. The Kier molecular flexibility index (Phi) is 23.8. The molecule has 24 nitrogen and oxygen atoms in total. The third-order valence-electron chi connectivity index (χ3n) is 12.4. The maximum absolute atomic E-state index is 14.6. The first-order chi connectivity index (χ1) is 35.3. The van der Waals surface area contributed by atoms with Crippen LogP contribution >= 0.6 is 0 Å². The topological polar surface area (TPSA) is 399 Å². The molecule has 0 unspecified atom stereocenters. The van der Waals surface area contributed by atoms with Gasteiger partial charge in [-0.25, -0.2) is 4.79 Å². The van der Waals surface area contributed by atoms with Crippen molar-refractivity contribution in [3.05, 3.63) is 71.9 Å². The minimum Gasteiger partial charge on any atom is -0.370 e. The molecule has 24 heteroatoms. The molecule has 1 aromatic heterocycles. The number of hydrogen-bond acceptors (Lipinski definition) is 11. The molecule has 2 aromatic carbocycles. The molecule has 0 bridgehead atoms. The highest BCUT2D eigenvalue weighted by Gasteiger charge is 2.35. The SMILES string of the molecule is CCCC[C@H](NC(C)=O)C(=O)N[C@H]1CCC(=O)NCC[C@@H](C(=O)N[C@@H](Cc2c[nH]c3ccccc23)C(N)=O)CC(=O)[C@H](CCCN=C(N)N)NC(=O)[C@@H](Cc2ccccc2)NC(=O)[C@H](CCCNC(N)=O)NC1=O. The number of guanidine groups is 1. The number of aromatic amines is 1. The van der Waals surface area contributed by atoms with Gasteiger partial charge in [-0.3, -0.25) is 48.1 Å². The summed E-state index contributed by atoms with van der Waals surface area (Å²) in [6.45, 7) is 3.02. The number of rotatable bonds is 21. The molecule has 10 amide bonds. The Bertz CT molecular complexity index is 2460. The Morgan fingerprint density at radius 1 is 0.770 bits per heavy atom. The fourth-order valence-electron chi connectivity index (χ4n) is 8.44. The van der Waals surface area contributed by atoms with Crippen LogP contribution in [0, 0.1) is 5.92 Å². The van der Waals surface area contributed by atoms with Gasteiger partial charge in [0.25, 0.3) is 0 Å². The molecule has 4 rings (SSSR count). The summed E-state index contributed by atoms with van der Waals surface area (Å²) in [5, 5.41) is 22.0. The van der Waals surface area contributed by atoms with Crippen LogP contribution in [-0.2, 0) is 56.0 Å². The van der Waals surface area contributed by atoms with Crippen LogP contribution in [0.5, 0.6) is 0 Å². The molecule has 3 aromatic rings. The van der Waals surface area contributed by atoms with Gasteiger partial charge < -0.3 is 70.5 Å². The van der Waals surface area contributed by atoms with E-state index in [9.17, 15) is 47.9 Å². The van der Waals surface area contributed by atoms with Crippen LogP contribution in [-0.4, -0.2) is 126 Å². The van der Waals surface area contributed by atoms with E-state index in [-0.39, 0.29) is 89.8 Å². The van der Waals surface area contributed by atoms with E-state index in [1.165, 1.54) is 6.92 Å². The van der Waals surface area contributed by atoms with Crippen molar-refractivity contribution in [1.29, 1.82) is 0 Å². The zero-order chi connectivity index (χ0) is 54.2. The molecule has 0 radical (unpaired) electrons. The lowest BCUT2D eigenvalue weighted by Gasteiger charge is -2.27. The predicted octanol–water partition coefficient (Wildman–Crippen LogP) is -1.07. The van der Waals surface area contributed by atoms with Crippen molar-refractivity contribution in [3.8, 4) is 0 Å². The van der Waals surface area contributed by atoms with E-state index in [2.05, 4.69) is 52.5 Å². The molecule has 0 saturated carbocycles. The molecular weight excluding hydrogens is 957 g/mol. The number of nitrogens with two attached hydrogens (primary N) is 4. The summed E-state index contributed by atoms with van der Waals surface area (Å²) >= 11 is 0. The molecule has 74 heavy (non-hydrogen) atoms. The Hall–Kier alpha value is -8.05. The molecule has 0 spiro atoms. The molecule has 0 aliphatic carbocycles. The minimum absolute atomic E-state index is 0.00105. The molecule has 2 heterocycles. The number of nitrogens with zero attached hydrogens (tertiary/aromatic N) is 1. The maximum atomic E-state index is 14.6. The summed E-state index contributed by atoms with van der Waals surface area (Å²) in [6.07, 6.45) is 1.90. The third kappa shape index (κ3) is 19.9. The van der Waals surface area contributed by atoms with Gasteiger partial charge in [0, 0.05) is 75.3 Å². The van der Waals surface area contributed by atoms with Gasteiger partial charge in [-0.1, -0.05) is 68.3 Å². The minimum atomic E-state index is -1.45. The van der Waals surface area contributed by atoms with Crippen molar-refractivity contribution in [3.63, 3.8) is 0 Å². The second-order valence-electron chi connectivity index (χ2n) is 18.3. The van der Waals surface area contributed by atoms with Crippen molar-refractivity contribution in [2.24, 2.45) is 33.8 Å². The van der Waals surface area contributed by atoms with Gasteiger partial charge in [-0.15, -0.1) is 0 Å². The summed E-state index contributed by atoms with van der Waals surface area (Å²) in [5.74, 6) is -7.96. The number of amides is 10. The van der Waals surface area contributed by atoms with Gasteiger partial charge in [0.15, 0.2) is 11.7 Å². The zero-order valence-electron chi connectivity index (χ0n) is 42.0. The summed E-state index contributed by atoms with van der Waals surface area (Å²) < 4.78 is 0. The lowest BCUT2D eigenvalue weighted by atomic mass is 9.92. The van der Waals surface area contributed by atoms with Gasteiger partial charge in [-0.05, 0) is 62.1 Å². The maximum Gasteiger partial charge on any atom is 0.312 e. The summed E-state index contributed by atoms with van der Waals surface area (Å²) in [7, 11) is 0. The van der Waals surface area contributed by atoms with Gasteiger partial charge in [-0.2, -0.15) is 0 Å². The molecule has 17 N–H and O–H groups in total. The van der Waals surface area contributed by atoms with E-state index in [0.717, 1.165) is 10.9 Å². The summed E-state index contributed by atoms with van der Waals surface area (Å²) in [6, 6.07) is 7.39. The first-order valence-corrected chi connectivity index (χ1v) is 24.9. The molecule has 1 fully saturated rings. The number of aliphatic imine (C=N–C) groups is 1. The Balaban J connectivity index is 1.76. The number of hydrogen-bond donors (Lipinski definition) is 13. The van der Waals surface area contributed by atoms with Gasteiger partial charge >= 0.3 is 6.03 Å². The van der Waals surface area contributed by atoms with Crippen LogP contribution in [0.1, 0.15) is 95.6 Å². The Morgan fingerprint density at radius 2 is 1.45 bits per heavy atom. The number of carbonyl (C=O) groups is 10. The predicted molar refractivity (Wildman–Crippen MR) is 275 cm³/mol. The Labute approximate surface area is 429 Å². The van der Waals surface area contributed by atoms with E-state index >= 15 is 0 Å². The summed E-state index contributed by atoms with van der Waals surface area (Å²) in [5.41, 5.74) is 24.3. The normalized spacial score (nSPS) is 20.1. The average molecular weight is 1030 g/mol. The van der Waals surface area contributed by atoms with Crippen LogP contribution in [0.4, 0.5) is 4.79 Å². The van der Waals surface area contributed by atoms with Crippen LogP contribution in [0.25, 0.3) is 10.9 Å². The van der Waals surface area contributed by atoms with Gasteiger partial charge in [0.2, 0.25) is 47.3 Å². The van der Waals surface area contributed by atoms with Crippen molar-refractivity contribution < 1.29 is 47.9 Å². The number of para-hydroxylation sites is 1. The number of Topliss-reactive ketones (excluding diaryl/α,β-unsaturated/α-hetero) is 1. The summed E-state index contributed by atoms with van der Waals surface area (Å²) in [4.78, 5) is 143. The number of carbonyl (C=O) groups excluding carboxylic acids is 10. The number of fused-ring (bicyclic) bond motifs is 1. The number of unbranched alkanes of at least 4 members (excludes halogenated alkanes) is 1. The number of H-pyrrole nitrogens is 1. The monoisotopic (exact) mass is 1030 g/mol. The Morgan fingerprint density at radius 3 is 2.14 bits per heavy atom. The third-order valence-corrected chi connectivity index (χ3v) is 12.4. The molecule has 1 saturated heterocycles. The fraction of sp³-hybridized carbons (Fsp3) is 0.500. The van der Waals surface area contributed by atoms with Crippen LogP contribution in [0.15, 0.2) is 65.8 Å².